The van der Waals surface area contributed by atoms with Gasteiger partial charge in [0.25, 0.3) is 0 Å². The average molecular weight is 392 g/mol. The molecule has 3 aromatic rings. The van der Waals surface area contributed by atoms with Gasteiger partial charge in [-0.2, -0.15) is 0 Å². The molecular formula is C18H12Cl2FN3O2. The summed E-state index contributed by atoms with van der Waals surface area (Å²) in [7, 11) is 0. The maximum Gasteiger partial charge on any atom is 0.359 e. The first-order valence-electron chi connectivity index (χ1n) is 7.45. The van der Waals surface area contributed by atoms with Crippen molar-refractivity contribution in [3.63, 3.8) is 0 Å². The van der Waals surface area contributed by atoms with E-state index in [2.05, 4.69) is 9.97 Å². The Hall–Kier alpha value is -2.70. The Morgan fingerprint density at radius 3 is 2.54 bits per heavy atom. The van der Waals surface area contributed by atoms with E-state index in [4.69, 9.17) is 33.7 Å². The van der Waals surface area contributed by atoms with Gasteiger partial charge in [0.05, 0.1) is 5.56 Å². The van der Waals surface area contributed by atoms with Gasteiger partial charge >= 0.3 is 5.97 Å². The van der Waals surface area contributed by atoms with Crippen LogP contribution in [0, 0.1) is 5.82 Å². The predicted octanol–water partition coefficient (Wildman–Crippen LogP) is 4.53. The second-order valence-electron chi connectivity index (χ2n) is 5.28. The number of carbonyl (C=O) groups excluding carboxylic acids is 1. The fourth-order valence-corrected chi connectivity index (χ4v) is 2.50. The number of carbonyl (C=O) groups is 1. The molecule has 5 nitrogen and oxygen atoms in total. The van der Waals surface area contributed by atoms with Crippen molar-refractivity contribution < 1.29 is 13.9 Å². The van der Waals surface area contributed by atoms with Gasteiger partial charge in [0, 0.05) is 5.02 Å². The fourth-order valence-electron chi connectivity index (χ4n) is 2.18. The molecule has 0 amide bonds. The number of ether oxygens (including phenoxy) is 1. The molecule has 2 aromatic carbocycles. The molecule has 0 saturated heterocycles. The van der Waals surface area contributed by atoms with E-state index < -0.39 is 11.8 Å². The molecule has 132 valence electrons. The van der Waals surface area contributed by atoms with Gasteiger partial charge in [-0.3, -0.25) is 0 Å². The summed E-state index contributed by atoms with van der Waals surface area (Å²) in [4.78, 5) is 20.3. The van der Waals surface area contributed by atoms with E-state index in [1.807, 2.05) is 18.2 Å². The maximum atomic E-state index is 14.1. The summed E-state index contributed by atoms with van der Waals surface area (Å²) >= 11 is 11.8. The number of benzene rings is 2. The standard InChI is InChI=1S/C18H12Cl2FN3O2/c19-11-6-7-12(13(21)8-11)17-23-15(14(20)16(22)24-17)18(25)26-9-10-4-2-1-3-5-10/h1-8H,9H2,(H2,22,23,24). The van der Waals surface area contributed by atoms with Crippen molar-refractivity contribution in [3.05, 3.63) is 75.7 Å². The van der Waals surface area contributed by atoms with Crippen molar-refractivity contribution in [1.29, 1.82) is 0 Å². The monoisotopic (exact) mass is 391 g/mol. The van der Waals surface area contributed by atoms with Crippen LogP contribution in [0.1, 0.15) is 16.1 Å². The molecule has 0 saturated carbocycles. The molecule has 0 atom stereocenters. The predicted molar refractivity (Wildman–Crippen MR) is 97.4 cm³/mol. The van der Waals surface area contributed by atoms with Crippen LogP contribution in [0.2, 0.25) is 10.0 Å². The molecule has 2 N–H and O–H groups in total. The van der Waals surface area contributed by atoms with Crippen molar-refractivity contribution >= 4 is 35.0 Å². The highest BCUT2D eigenvalue weighted by atomic mass is 35.5. The largest absolute Gasteiger partial charge is 0.456 e. The van der Waals surface area contributed by atoms with Crippen LogP contribution in [0.15, 0.2) is 48.5 Å². The lowest BCUT2D eigenvalue weighted by Gasteiger charge is -2.10. The summed E-state index contributed by atoms with van der Waals surface area (Å²) in [6, 6.07) is 13.1. The van der Waals surface area contributed by atoms with Crippen LogP contribution in [0.5, 0.6) is 0 Å². The number of nitrogens with zero attached hydrogens (tertiary/aromatic N) is 2. The number of nitrogens with two attached hydrogens (primary N) is 1. The molecule has 0 bridgehead atoms. The lowest BCUT2D eigenvalue weighted by molar-refractivity contribution is 0.0466. The highest BCUT2D eigenvalue weighted by Crippen LogP contribution is 2.28. The molecular weight excluding hydrogens is 380 g/mol. The number of aromatic nitrogens is 2. The third-order valence-electron chi connectivity index (χ3n) is 3.45. The van der Waals surface area contributed by atoms with Gasteiger partial charge in [-0.05, 0) is 23.8 Å². The van der Waals surface area contributed by atoms with Crippen LogP contribution < -0.4 is 5.73 Å². The zero-order valence-electron chi connectivity index (χ0n) is 13.2. The summed E-state index contributed by atoms with van der Waals surface area (Å²) < 4.78 is 19.3. The van der Waals surface area contributed by atoms with Crippen LogP contribution in [0.3, 0.4) is 0 Å². The van der Waals surface area contributed by atoms with E-state index in [-0.39, 0.29) is 39.6 Å². The average Bonchev–Trinajstić information content (AvgIpc) is 2.63. The van der Waals surface area contributed by atoms with Gasteiger partial charge < -0.3 is 10.5 Å². The van der Waals surface area contributed by atoms with Crippen molar-refractivity contribution in [2.24, 2.45) is 0 Å². The SMILES string of the molecule is Nc1nc(-c2ccc(Cl)cc2F)nc(C(=O)OCc2ccccc2)c1Cl. The second-order valence-corrected chi connectivity index (χ2v) is 6.10. The van der Waals surface area contributed by atoms with E-state index in [0.29, 0.717) is 0 Å². The number of hydrogen-bond donors (Lipinski definition) is 1. The minimum atomic E-state index is -0.788. The first-order chi connectivity index (χ1) is 12.5. The molecule has 0 aliphatic carbocycles. The summed E-state index contributed by atoms with van der Waals surface area (Å²) in [5.41, 5.74) is 6.34. The Labute approximate surface area is 158 Å². The molecule has 26 heavy (non-hydrogen) atoms. The van der Waals surface area contributed by atoms with E-state index >= 15 is 0 Å². The van der Waals surface area contributed by atoms with Gasteiger partial charge in [0.1, 0.15) is 23.3 Å². The Balaban J connectivity index is 1.91. The molecule has 0 aliphatic rings. The topological polar surface area (TPSA) is 78.1 Å². The molecule has 0 fully saturated rings. The number of halogens is 3. The van der Waals surface area contributed by atoms with Crippen molar-refractivity contribution in [2.75, 3.05) is 5.73 Å². The zero-order valence-corrected chi connectivity index (χ0v) is 14.8. The van der Waals surface area contributed by atoms with Gasteiger partial charge in [0.15, 0.2) is 11.5 Å². The number of rotatable bonds is 4. The number of nitrogen functional groups attached to an aromatic ring is 1. The van der Waals surface area contributed by atoms with E-state index in [9.17, 15) is 9.18 Å². The Morgan fingerprint density at radius 1 is 1.12 bits per heavy atom. The van der Waals surface area contributed by atoms with Crippen LogP contribution in [-0.4, -0.2) is 15.9 Å². The number of hydrogen-bond acceptors (Lipinski definition) is 5. The Morgan fingerprint density at radius 2 is 1.85 bits per heavy atom. The highest BCUT2D eigenvalue weighted by molar-refractivity contribution is 6.35. The third kappa shape index (κ3) is 3.92. The molecule has 1 heterocycles. The van der Waals surface area contributed by atoms with Crippen LogP contribution in [-0.2, 0) is 11.3 Å². The third-order valence-corrected chi connectivity index (χ3v) is 4.06. The molecule has 0 spiro atoms. The first kappa shape index (κ1) is 18.1. The van der Waals surface area contributed by atoms with E-state index in [0.717, 1.165) is 11.6 Å². The summed E-state index contributed by atoms with van der Waals surface area (Å²) in [5.74, 6) is -1.68. The van der Waals surface area contributed by atoms with Gasteiger partial charge in [0.2, 0.25) is 0 Å². The Kier molecular flexibility index (Phi) is 5.35. The fraction of sp³-hybridized carbons (Fsp3) is 0.0556. The number of anilines is 1. The van der Waals surface area contributed by atoms with E-state index in [1.165, 1.54) is 12.1 Å². The minimum Gasteiger partial charge on any atom is -0.456 e. The molecule has 0 aliphatic heterocycles. The van der Waals surface area contributed by atoms with Crippen LogP contribution >= 0.6 is 23.2 Å². The molecule has 1 aromatic heterocycles. The lowest BCUT2D eigenvalue weighted by atomic mass is 10.2. The molecule has 8 heteroatoms. The van der Waals surface area contributed by atoms with E-state index in [1.54, 1.807) is 12.1 Å². The minimum absolute atomic E-state index is 0.0323. The van der Waals surface area contributed by atoms with Crippen LogP contribution in [0.4, 0.5) is 10.2 Å². The molecule has 3 rings (SSSR count). The molecule has 0 radical (unpaired) electrons. The second kappa shape index (κ2) is 7.68. The summed E-state index contributed by atoms with van der Waals surface area (Å²) in [6.07, 6.45) is 0. The van der Waals surface area contributed by atoms with Gasteiger partial charge in [-0.1, -0.05) is 53.5 Å². The molecule has 0 unspecified atom stereocenters. The van der Waals surface area contributed by atoms with Crippen LogP contribution in [0.25, 0.3) is 11.4 Å². The van der Waals surface area contributed by atoms with Crippen molar-refractivity contribution in [1.82, 2.24) is 9.97 Å². The normalized spacial score (nSPS) is 10.6. The van der Waals surface area contributed by atoms with Gasteiger partial charge in [-0.15, -0.1) is 0 Å². The quantitative estimate of drug-likeness (QED) is 0.661. The smallest absolute Gasteiger partial charge is 0.359 e. The summed E-state index contributed by atoms with van der Waals surface area (Å²) in [5, 5.41) is 0.0665. The Bertz CT molecular complexity index is 968. The van der Waals surface area contributed by atoms with Crippen molar-refractivity contribution in [3.8, 4) is 11.4 Å². The summed E-state index contributed by atoms with van der Waals surface area (Å²) in [6.45, 7) is 0.0323. The van der Waals surface area contributed by atoms with Gasteiger partial charge in [-0.25, -0.2) is 19.2 Å². The highest BCUT2D eigenvalue weighted by Gasteiger charge is 2.21. The first-order valence-corrected chi connectivity index (χ1v) is 8.21. The zero-order chi connectivity index (χ0) is 18.7. The van der Waals surface area contributed by atoms with Crippen molar-refractivity contribution in [2.45, 2.75) is 6.61 Å². The number of esters is 1. The lowest BCUT2D eigenvalue weighted by Crippen LogP contribution is -2.12. The maximum absolute atomic E-state index is 14.1.